The molecule has 0 radical (unpaired) electrons. The summed E-state index contributed by atoms with van der Waals surface area (Å²) in [5, 5.41) is 8.61. The fourth-order valence-electron chi connectivity index (χ4n) is 1.38. The van der Waals surface area contributed by atoms with E-state index in [0.29, 0.717) is 0 Å². The summed E-state index contributed by atoms with van der Waals surface area (Å²) < 4.78 is 39.7. The number of nitrogens with zero attached hydrogens (tertiary/aromatic N) is 2. The van der Waals surface area contributed by atoms with Gasteiger partial charge in [0.05, 0.1) is 5.69 Å². The van der Waals surface area contributed by atoms with E-state index in [0.717, 1.165) is 18.3 Å². The number of aromatic nitrogens is 1. The fraction of sp³-hybridized carbons (Fsp3) is 0. The first-order valence-electron chi connectivity index (χ1n) is 5.26. The zero-order chi connectivity index (χ0) is 14.8. The van der Waals surface area contributed by atoms with E-state index in [1.807, 2.05) is 0 Å². The highest BCUT2D eigenvalue weighted by Crippen LogP contribution is 2.25. The lowest BCUT2D eigenvalue weighted by Crippen LogP contribution is -2.13. The highest BCUT2D eigenvalue weighted by Gasteiger charge is 2.16. The Morgan fingerprint density at radius 3 is 2.60 bits per heavy atom. The molecule has 2 aromatic rings. The number of halogens is 2. The number of benzene rings is 1. The first kappa shape index (κ1) is 14.4. The van der Waals surface area contributed by atoms with Crippen LogP contribution in [0, 0.1) is 17.1 Å². The highest BCUT2D eigenvalue weighted by molar-refractivity contribution is 9.10. The van der Waals surface area contributed by atoms with Crippen LogP contribution in [0.1, 0.15) is 5.69 Å². The first-order chi connectivity index (χ1) is 9.42. The molecule has 1 aromatic carbocycles. The molecule has 0 aliphatic heterocycles. The Morgan fingerprint density at radius 2 is 2.05 bits per heavy atom. The van der Waals surface area contributed by atoms with Crippen LogP contribution in [0.5, 0.6) is 0 Å². The van der Waals surface area contributed by atoms with Crippen LogP contribution >= 0.6 is 15.9 Å². The van der Waals surface area contributed by atoms with Crippen LogP contribution in [-0.4, -0.2) is 13.4 Å². The summed E-state index contributed by atoms with van der Waals surface area (Å²) in [4.78, 5) is 3.60. The molecule has 0 spiro atoms. The van der Waals surface area contributed by atoms with Crippen molar-refractivity contribution in [1.29, 1.82) is 5.26 Å². The van der Waals surface area contributed by atoms with Crippen molar-refractivity contribution >= 4 is 31.6 Å². The highest BCUT2D eigenvalue weighted by atomic mass is 79.9. The summed E-state index contributed by atoms with van der Waals surface area (Å²) in [5.41, 5.74) is 0.322. The maximum Gasteiger partial charge on any atom is 0.263 e. The van der Waals surface area contributed by atoms with Gasteiger partial charge in [0.15, 0.2) is 0 Å². The van der Waals surface area contributed by atoms with E-state index in [-0.39, 0.29) is 20.7 Å². The Hall–Kier alpha value is -1.98. The lowest BCUT2D eigenvalue weighted by molar-refractivity contribution is 0.600. The standard InChI is InChI=1S/C12H7BrFN3O2S/c13-11-5-8(14)1-4-12(11)17-20(18,19)10-3-2-9(6-15)16-7-10/h1-5,7,17H. The van der Waals surface area contributed by atoms with Crippen molar-refractivity contribution in [2.75, 3.05) is 4.72 Å². The number of nitriles is 1. The van der Waals surface area contributed by atoms with Gasteiger partial charge >= 0.3 is 0 Å². The van der Waals surface area contributed by atoms with Gasteiger partial charge in [0.2, 0.25) is 0 Å². The maximum absolute atomic E-state index is 12.9. The number of sulfonamides is 1. The molecule has 1 heterocycles. The molecule has 0 bridgehead atoms. The number of hydrogen-bond acceptors (Lipinski definition) is 4. The molecular weight excluding hydrogens is 349 g/mol. The fourth-order valence-corrected chi connectivity index (χ4v) is 2.99. The van der Waals surface area contributed by atoms with Crippen LogP contribution in [-0.2, 0) is 10.0 Å². The van der Waals surface area contributed by atoms with Gasteiger partial charge in [0, 0.05) is 10.7 Å². The van der Waals surface area contributed by atoms with E-state index < -0.39 is 15.8 Å². The second kappa shape index (κ2) is 5.56. The third kappa shape index (κ3) is 3.12. The predicted molar refractivity (Wildman–Crippen MR) is 73.9 cm³/mol. The Bertz CT molecular complexity index is 785. The van der Waals surface area contributed by atoms with Crippen molar-refractivity contribution in [2.24, 2.45) is 0 Å². The monoisotopic (exact) mass is 355 g/mol. The average Bonchev–Trinajstić information content (AvgIpc) is 2.42. The second-order valence-electron chi connectivity index (χ2n) is 3.72. The van der Waals surface area contributed by atoms with E-state index in [2.05, 4.69) is 25.6 Å². The van der Waals surface area contributed by atoms with Crippen molar-refractivity contribution < 1.29 is 12.8 Å². The number of hydrogen-bond donors (Lipinski definition) is 1. The van der Waals surface area contributed by atoms with E-state index in [9.17, 15) is 12.8 Å². The summed E-state index contributed by atoms with van der Waals surface area (Å²) in [5.74, 6) is -0.486. The SMILES string of the molecule is N#Cc1ccc(S(=O)(=O)Nc2ccc(F)cc2Br)cn1. The summed E-state index contributed by atoms with van der Waals surface area (Å²) in [6, 6.07) is 7.95. The van der Waals surface area contributed by atoms with Crippen LogP contribution in [0.2, 0.25) is 0 Å². The van der Waals surface area contributed by atoms with E-state index in [4.69, 9.17) is 5.26 Å². The average molecular weight is 356 g/mol. The van der Waals surface area contributed by atoms with Gasteiger partial charge in [-0.1, -0.05) is 0 Å². The normalized spacial score (nSPS) is 10.8. The minimum Gasteiger partial charge on any atom is -0.278 e. The van der Waals surface area contributed by atoms with Gasteiger partial charge in [-0.05, 0) is 46.3 Å². The van der Waals surface area contributed by atoms with Crippen LogP contribution in [0.15, 0.2) is 45.9 Å². The first-order valence-corrected chi connectivity index (χ1v) is 7.54. The summed E-state index contributed by atoms with van der Waals surface area (Å²) in [6.45, 7) is 0. The Kier molecular flexibility index (Phi) is 4.01. The number of nitrogens with one attached hydrogen (secondary N) is 1. The van der Waals surface area contributed by atoms with Gasteiger partial charge in [-0.15, -0.1) is 0 Å². The predicted octanol–water partition coefficient (Wildman–Crippen LogP) is 2.66. The third-order valence-corrected chi connectivity index (χ3v) is 4.34. The lowest BCUT2D eigenvalue weighted by atomic mass is 10.3. The van der Waals surface area contributed by atoms with Gasteiger partial charge in [0.1, 0.15) is 22.5 Å². The molecular formula is C12H7BrFN3O2S. The third-order valence-electron chi connectivity index (χ3n) is 2.34. The molecule has 20 heavy (non-hydrogen) atoms. The molecule has 0 aliphatic carbocycles. The van der Waals surface area contributed by atoms with Crippen LogP contribution < -0.4 is 4.72 Å². The van der Waals surface area contributed by atoms with Gasteiger partial charge in [0.25, 0.3) is 10.0 Å². The number of anilines is 1. The quantitative estimate of drug-likeness (QED) is 0.917. The molecule has 102 valence electrons. The molecule has 0 amide bonds. The van der Waals surface area contributed by atoms with Crippen molar-refractivity contribution in [2.45, 2.75) is 4.90 Å². The summed E-state index contributed by atoms with van der Waals surface area (Å²) >= 11 is 3.07. The van der Waals surface area contributed by atoms with E-state index >= 15 is 0 Å². The largest absolute Gasteiger partial charge is 0.278 e. The second-order valence-corrected chi connectivity index (χ2v) is 6.26. The molecule has 5 nitrogen and oxygen atoms in total. The summed E-state index contributed by atoms with van der Waals surface area (Å²) in [6.07, 6.45) is 1.08. The zero-order valence-corrected chi connectivity index (χ0v) is 12.2. The lowest BCUT2D eigenvalue weighted by Gasteiger charge is -2.09. The Balaban J connectivity index is 2.33. The van der Waals surface area contributed by atoms with Gasteiger partial charge in [-0.2, -0.15) is 5.26 Å². The smallest absolute Gasteiger partial charge is 0.263 e. The molecule has 0 fully saturated rings. The van der Waals surface area contributed by atoms with E-state index in [1.54, 1.807) is 6.07 Å². The summed E-state index contributed by atoms with van der Waals surface area (Å²) in [7, 11) is -3.85. The molecule has 0 unspecified atom stereocenters. The molecule has 1 aromatic heterocycles. The van der Waals surface area contributed by atoms with Crippen molar-refractivity contribution in [3.63, 3.8) is 0 Å². The number of pyridine rings is 1. The number of rotatable bonds is 3. The van der Waals surface area contributed by atoms with Crippen LogP contribution in [0.3, 0.4) is 0 Å². The molecule has 0 saturated heterocycles. The van der Waals surface area contributed by atoms with Gasteiger partial charge in [-0.3, -0.25) is 4.72 Å². The molecule has 0 aliphatic rings. The molecule has 8 heteroatoms. The van der Waals surface area contributed by atoms with Crippen LogP contribution in [0.4, 0.5) is 10.1 Å². The molecule has 0 atom stereocenters. The van der Waals surface area contributed by atoms with Crippen molar-refractivity contribution in [3.05, 3.63) is 52.5 Å². The molecule has 2 rings (SSSR count). The van der Waals surface area contributed by atoms with Crippen molar-refractivity contribution in [3.8, 4) is 6.07 Å². The van der Waals surface area contributed by atoms with Gasteiger partial charge in [-0.25, -0.2) is 17.8 Å². The van der Waals surface area contributed by atoms with E-state index in [1.165, 1.54) is 18.2 Å². The topological polar surface area (TPSA) is 82.8 Å². The Labute approximate surface area is 123 Å². The minimum atomic E-state index is -3.85. The van der Waals surface area contributed by atoms with Gasteiger partial charge < -0.3 is 0 Å². The molecule has 0 saturated carbocycles. The van der Waals surface area contributed by atoms with Crippen LogP contribution in [0.25, 0.3) is 0 Å². The zero-order valence-electron chi connectivity index (χ0n) is 9.84. The minimum absolute atomic E-state index is 0.0901. The Morgan fingerprint density at radius 1 is 1.30 bits per heavy atom. The van der Waals surface area contributed by atoms with Crippen molar-refractivity contribution in [1.82, 2.24) is 4.98 Å². The molecule has 1 N–H and O–H groups in total. The maximum atomic E-state index is 12.9.